The second kappa shape index (κ2) is 9.75. The van der Waals surface area contributed by atoms with E-state index in [2.05, 4.69) is 34.1 Å². The van der Waals surface area contributed by atoms with Crippen LogP contribution in [0.3, 0.4) is 0 Å². The van der Waals surface area contributed by atoms with Gasteiger partial charge < -0.3 is 10.1 Å². The first-order valence-electron chi connectivity index (χ1n) is 7.40. The second-order valence-corrected chi connectivity index (χ2v) is 5.51. The molecule has 1 aromatic rings. The minimum Gasteiger partial charge on any atom is -0.464 e. The average molecular weight is 301 g/mol. The summed E-state index contributed by atoms with van der Waals surface area (Å²) in [7, 11) is 0. The summed E-state index contributed by atoms with van der Waals surface area (Å²) in [6, 6.07) is 0.270. The van der Waals surface area contributed by atoms with Crippen LogP contribution in [0.15, 0.2) is 0 Å². The third kappa shape index (κ3) is 7.48. The quantitative estimate of drug-likeness (QED) is 0.663. The number of unbranched alkanes of at least 4 members (excludes halogenated alkanes) is 3. The fourth-order valence-electron chi connectivity index (χ4n) is 1.84. The number of rotatable bonds is 10. The molecule has 0 radical (unpaired) electrons. The fraction of sp³-hybridized carbons (Fsp3) is 0.786. The smallest absolute Gasteiger partial charge is 0.322 e. The summed E-state index contributed by atoms with van der Waals surface area (Å²) in [5.41, 5.74) is 0. The molecule has 0 fully saturated rings. The fourth-order valence-corrected chi connectivity index (χ4v) is 1.99. The van der Waals surface area contributed by atoms with Gasteiger partial charge in [0.1, 0.15) is 0 Å². The second-order valence-electron chi connectivity index (χ2n) is 5.17. The van der Waals surface area contributed by atoms with Gasteiger partial charge in [0.25, 0.3) is 0 Å². The van der Waals surface area contributed by atoms with Crippen LogP contribution in [0.4, 0.5) is 5.95 Å². The largest absolute Gasteiger partial charge is 0.464 e. The van der Waals surface area contributed by atoms with E-state index in [9.17, 15) is 0 Å². The molecule has 20 heavy (non-hydrogen) atoms. The predicted molar refractivity (Wildman–Crippen MR) is 82.4 cm³/mol. The molecule has 6 heteroatoms. The third-order valence-corrected chi connectivity index (χ3v) is 3.02. The van der Waals surface area contributed by atoms with Crippen LogP contribution in [0.2, 0.25) is 5.28 Å². The van der Waals surface area contributed by atoms with Crippen LogP contribution < -0.4 is 10.1 Å². The summed E-state index contributed by atoms with van der Waals surface area (Å²) >= 11 is 5.81. The van der Waals surface area contributed by atoms with Crippen molar-refractivity contribution in [2.45, 2.75) is 52.9 Å². The van der Waals surface area contributed by atoms with E-state index in [1.165, 1.54) is 25.7 Å². The van der Waals surface area contributed by atoms with Gasteiger partial charge in [-0.2, -0.15) is 15.0 Å². The number of anilines is 1. The van der Waals surface area contributed by atoms with Gasteiger partial charge in [0.15, 0.2) is 0 Å². The van der Waals surface area contributed by atoms with E-state index in [1.807, 2.05) is 6.92 Å². The van der Waals surface area contributed by atoms with Gasteiger partial charge in [0.05, 0.1) is 6.61 Å². The number of nitrogens with zero attached hydrogens (tertiary/aromatic N) is 3. The molecule has 0 aliphatic carbocycles. The molecule has 0 bridgehead atoms. The maximum absolute atomic E-state index is 5.81. The molecule has 0 spiro atoms. The zero-order valence-electron chi connectivity index (χ0n) is 12.7. The molecule has 0 aliphatic rings. The minimum atomic E-state index is 0.155. The van der Waals surface area contributed by atoms with Crippen molar-refractivity contribution in [1.82, 2.24) is 15.0 Å². The van der Waals surface area contributed by atoms with Gasteiger partial charge in [-0.25, -0.2) is 0 Å². The van der Waals surface area contributed by atoms with Crippen molar-refractivity contribution in [3.05, 3.63) is 5.28 Å². The Labute approximate surface area is 126 Å². The Bertz CT molecular complexity index is 387. The summed E-state index contributed by atoms with van der Waals surface area (Å²) in [6.45, 7) is 7.76. The highest BCUT2D eigenvalue weighted by molar-refractivity contribution is 6.28. The molecule has 0 amide bonds. The van der Waals surface area contributed by atoms with Gasteiger partial charge in [-0.05, 0) is 30.9 Å². The van der Waals surface area contributed by atoms with Gasteiger partial charge in [-0.1, -0.05) is 39.5 Å². The zero-order valence-corrected chi connectivity index (χ0v) is 13.4. The molecular formula is C14H25ClN4O. The Hall–Kier alpha value is -1.10. The molecule has 1 rings (SSSR count). The molecule has 114 valence electrons. The number of ether oxygens (including phenoxy) is 1. The van der Waals surface area contributed by atoms with Crippen molar-refractivity contribution >= 4 is 17.5 Å². The molecule has 1 N–H and O–H groups in total. The first kappa shape index (κ1) is 17.0. The Morgan fingerprint density at radius 3 is 2.55 bits per heavy atom. The number of hydrogen-bond donors (Lipinski definition) is 1. The maximum atomic E-state index is 5.81. The van der Waals surface area contributed by atoms with E-state index in [1.54, 1.807) is 0 Å². The number of halogens is 1. The molecule has 0 aromatic carbocycles. The van der Waals surface area contributed by atoms with Crippen LogP contribution in [-0.4, -0.2) is 28.1 Å². The SMILES string of the molecule is CCOc1nc(Cl)nc(NCCCCCCC(C)C)n1. The standard InChI is InChI=1S/C14H25ClN4O/c1-4-20-14-18-12(15)17-13(19-14)16-10-8-6-5-7-9-11(2)3/h11H,4-10H2,1-3H3,(H,16,17,18,19). The molecule has 1 heterocycles. The topological polar surface area (TPSA) is 59.9 Å². The van der Waals surface area contributed by atoms with Crippen LogP contribution in [0.25, 0.3) is 0 Å². The highest BCUT2D eigenvalue weighted by Crippen LogP contribution is 2.12. The highest BCUT2D eigenvalue weighted by atomic mass is 35.5. The van der Waals surface area contributed by atoms with Gasteiger partial charge in [0, 0.05) is 6.54 Å². The molecule has 1 aromatic heterocycles. The molecule has 0 saturated heterocycles. The molecule has 0 atom stereocenters. The summed E-state index contributed by atoms with van der Waals surface area (Å²) in [5, 5.41) is 3.31. The Morgan fingerprint density at radius 1 is 1.10 bits per heavy atom. The van der Waals surface area contributed by atoms with E-state index in [0.717, 1.165) is 18.9 Å². The van der Waals surface area contributed by atoms with Gasteiger partial charge in [0.2, 0.25) is 11.2 Å². The van der Waals surface area contributed by atoms with E-state index >= 15 is 0 Å². The number of aromatic nitrogens is 3. The van der Waals surface area contributed by atoms with Crippen molar-refractivity contribution in [2.75, 3.05) is 18.5 Å². The molecule has 0 unspecified atom stereocenters. The molecule has 5 nitrogen and oxygen atoms in total. The summed E-state index contributed by atoms with van der Waals surface area (Å²) < 4.78 is 5.22. The molecular weight excluding hydrogens is 276 g/mol. The lowest BCUT2D eigenvalue weighted by Gasteiger charge is -2.07. The normalized spacial score (nSPS) is 10.8. The third-order valence-electron chi connectivity index (χ3n) is 2.85. The lowest BCUT2D eigenvalue weighted by atomic mass is 10.0. The lowest BCUT2D eigenvalue weighted by molar-refractivity contribution is 0.312. The van der Waals surface area contributed by atoms with Crippen LogP contribution >= 0.6 is 11.6 Å². The van der Waals surface area contributed by atoms with Crippen molar-refractivity contribution < 1.29 is 4.74 Å². The summed E-state index contributed by atoms with van der Waals surface area (Å²) in [5.74, 6) is 1.29. The van der Waals surface area contributed by atoms with E-state index in [4.69, 9.17) is 16.3 Å². The minimum absolute atomic E-state index is 0.155. The van der Waals surface area contributed by atoms with E-state index in [-0.39, 0.29) is 11.3 Å². The van der Waals surface area contributed by atoms with Crippen molar-refractivity contribution in [2.24, 2.45) is 5.92 Å². The van der Waals surface area contributed by atoms with Crippen molar-refractivity contribution in [3.8, 4) is 6.01 Å². The lowest BCUT2D eigenvalue weighted by Crippen LogP contribution is -2.08. The summed E-state index contributed by atoms with van der Waals surface area (Å²) in [6.07, 6.45) is 6.22. The first-order valence-corrected chi connectivity index (χ1v) is 7.77. The van der Waals surface area contributed by atoms with Gasteiger partial charge >= 0.3 is 6.01 Å². The van der Waals surface area contributed by atoms with Crippen LogP contribution in [0.1, 0.15) is 52.9 Å². The molecule has 0 saturated carbocycles. The van der Waals surface area contributed by atoms with Crippen molar-refractivity contribution in [3.63, 3.8) is 0 Å². The first-order chi connectivity index (χ1) is 9.61. The number of hydrogen-bond acceptors (Lipinski definition) is 5. The van der Waals surface area contributed by atoms with Crippen molar-refractivity contribution in [1.29, 1.82) is 0 Å². The van der Waals surface area contributed by atoms with Crippen LogP contribution in [0.5, 0.6) is 6.01 Å². The van der Waals surface area contributed by atoms with Crippen LogP contribution in [-0.2, 0) is 0 Å². The van der Waals surface area contributed by atoms with E-state index in [0.29, 0.717) is 12.6 Å². The Balaban J connectivity index is 2.21. The Kier molecular flexibility index (Phi) is 8.26. The van der Waals surface area contributed by atoms with E-state index < -0.39 is 0 Å². The van der Waals surface area contributed by atoms with Gasteiger partial charge in [-0.15, -0.1) is 0 Å². The maximum Gasteiger partial charge on any atom is 0.322 e. The Morgan fingerprint density at radius 2 is 1.85 bits per heavy atom. The molecule has 0 aliphatic heterocycles. The van der Waals surface area contributed by atoms with Crippen LogP contribution in [0, 0.1) is 5.92 Å². The zero-order chi connectivity index (χ0) is 14.8. The average Bonchev–Trinajstić information content (AvgIpc) is 2.37. The summed E-state index contributed by atoms with van der Waals surface area (Å²) in [4.78, 5) is 12.1. The monoisotopic (exact) mass is 300 g/mol. The highest BCUT2D eigenvalue weighted by Gasteiger charge is 2.04. The number of nitrogens with one attached hydrogen (secondary N) is 1. The predicted octanol–water partition coefficient (Wildman–Crippen LogP) is 3.94. The van der Waals surface area contributed by atoms with Gasteiger partial charge in [-0.3, -0.25) is 0 Å².